The molecule has 2 fully saturated rings. The maximum atomic E-state index is 13.7. The summed E-state index contributed by atoms with van der Waals surface area (Å²) in [6.07, 6.45) is 7.76. The number of pyridine rings is 1. The zero-order valence-corrected chi connectivity index (χ0v) is 20.1. The molecule has 5 rings (SSSR count). The number of rotatable bonds is 4. The number of carbonyl (C=O) groups excluding carboxylic acids is 2. The smallest absolute Gasteiger partial charge is 0.257 e. The van der Waals surface area contributed by atoms with Gasteiger partial charge < -0.3 is 10.2 Å². The Morgan fingerprint density at radius 1 is 1.12 bits per heavy atom. The van der Waals surface area contributed by atoms with Crippen LogP contribution in [0, 0.1) is 0 Å². The molecule has 33 heavy (non-hydrogen) atoms. The number of hydrogen-bond acceptors (Lipinski definition) is 7. The van der Waals surface area contributed by atoms with Crippen LogP contribution in [0.1, 0.15) is 50.4 Å². The number of anilines is 1. The van der Waals surface area contributed by atoms with Gasteiger partial charge in [0.05, 0.1) is 22.6 Å². The molecule has 2 amide bonds. The third-order valence-electron chi connectivity index (χ3n) is 6.86. The summed E-state index contributed by atoms with van der Waals surface area (Å²) in [5, 5.41) is 3.61. The molecule has 10 heteroatoms. The van der Waals surface area contributed by atoms with Crippen molar-refractivity contribution in [2.24, 2.45) is 0 Å². The molecule has 0 spiro atoms. The van der Waals surface area contributed by atoms with E-state index in [2.05, 4.69) is 15.2 Å². The Morgan fingerprint density at radius 2 is 1.91 bits per heavy atom. The van der Waals surface area contributed by atoms with Crippen LogP contribution in [0.2, 0.25) is 0 Å². The van der Waals surface area contributed by atoms with Crippen LogP contribution in [-0.2, 0) is 22.7 Å². The molecule has 1 N–H and O–H groups in total. The second kappa shape index (κ2) is 9.15. The number of nitrogens with zero attached hydrogens (tertiary/aromatic N) is 3. The third kappa shape index (κ3) is 4.69. The number of aryl methyl sites for hydroxylation is 1. The van der Waals surface area contributed by atoms with Gasteiger partial charge in [0.2, 0.25) is 0 Å². The van der Waals surface area contributed by atoms with Crippen molar-refractivity contribution in [2.75, 3.05) is 43.0 Å². The second-order valence-corrected chi connectivity index (χ2v) is 12.3. The quantitative estimate of drug-likeness (QED) is 0.709. The molecule has 0 bridgehead atoms. The molecule has 1 atom stereocenters. The van der Waals surface area contributed by atoms with Gasteiger partial charge in [-0.05, 0) is 49.8 Å². The standard InChI is InChI=1S/C23H28N4O4S2/c28-21(16-4-3-8-24-14-16)25-22-20(18-5-1-2-6-19(18)32-22)23(29)27-11-9-26(10-12-27)17-7-13-33(30,31)15-17/h3-4,8,14,17H,1-2,5-7,9-13,15H2,(H,25,28). The van der Waals surface area contributed by atoms with E-state index in [0.29, 0.717) is 48.7 Å². The van der Waals surface area contributed by atoms with Crippen LogP contribution >= 0.6 is 11.3 Å². The zero-order valence-electron chi connectivity index (χ0n) is 18.5. The lowest BCUT2D eigenvalue weighted by Gasteiger charge is -2.37. The lowest BCUT2D eigenvalue weighted by molar-refractivity contribution is 0.0588. The Balaban J connectivity index is 1.33. The number of aromatic nitrogens is 1. The van der Waals surface area contributed by atoms with E-state index >= 15 is 0 Å². The van der Waals surface area contributed by atoms with Crippen LogP contribution in [-0.4, -0.2) is 78.7 Å². The number of amides is 2. The fraction of sp³-hybridized carbons (Fsp3) is 0.522. The number of sulfone groups is 1. The minimum Gasteiger partial charge on any atom is -0.336 e. The normalized spacial score (nSPS) is 22.7. The summed E-state index contributed by atoms with van der Waals surface area (Å²) in [6, 6.07) is 3.49. The van der Waals surface area contributed by atoms with E-state index in [1.165, 1.54) is 22.4 Å². The number of nitrogens with one attached hydrogen (secondary N) is 1. The van der Waals surface area contributed by atoms with Gasteiger partial charge in [-0.15, -0.1) is 11.3 Å². The fourth-order valence-corrected chi connectivity index (χ4v) is 8.10. The zero-order chi connectivity index (χ0) is 23.0. The van der Waals surface area contributed by atoms with Gasteiger partial charge in [0.25, 0.3) is 11.8 Å². The topological polar surface area (TPSA) is 99.7 Å². The van der Waals surface area contributed by atoms with Crippen molar-refractivity contribution in [3.8, 4) is 0 Å². The van der Waals surface area contributed by atoms with E-state index < -0.39 is 9.84 Å². The number of carbonyl (C=O) groups is 2. The van der Waals surface area contributed by atoms with E-state index in [1.807, 2.05) is 4.90 Å². The lowest BCUT2D eigenvalue weighted by atomic mass is 9.94. The predicted octanol–water partition coefficient (Wildman–Crippen LogP) is 2.22. The van der Waals surface area contributed by atoms with E-state index in [0.717, 1.165) is 31.2 Å². The molecule has 1 unspecified atom stereocenters. The maximum Gasteiger partial charge on any atom is 0.257 e. The summed E-state index contributed by atoms with van der Waals surface area (Å²) < 4.78 is 23.7. The molecule has 2 aliphatic heterocycles. The van der Waals surface area contributed by atoms with Gasteiger partial charge >= 0.3 is 0 Å². The number of piperazine rings is 1. The summed E-state index contributed by atoms with van der Waals surface area (Å²) >= 11 is 1.52. The van der Waals surface area contributed by atoms with Crippen LogP contribution in [0.4, 0.5) is 5.00 Å². The minimum atomic E-state index is -2.93. The minimum absolute atomic E-state index is 0.0328. The first-order valence-electron chi connectivity index (χ1n) is 11.5. The molecule has 2 aromatic rings. The van der Waals surface area contributed by atoms with Crippen molar-refractivity contribution < 1.29 is 18.0 Å². The largest absolute Gasteiger partial charge is 0.336 e. The molecule has 0 saturated carbocycles. The van der Waals surface area contributed by atoms with Crippen LogP contribution in [0.3, 0.4) is 0 Å². The van der Waals surface area contributed by atoms with Crippen molar-refractivity contribution in [3.63, 3.8) is 0 Å². The Bertz CT molecular complexity index is 1150. The van der Waals surface area contributed by atoms with Crippen molar-refractivity contribution in [2.45, 2.75) is 38.1 Å². The molecule has 2 aromatic heterocycles. The summed E-state index contributed by atoms with van der Waals surface area (Å²) in [6.45, 7) is 2.48. The van der Waals surface area contributed by atoms with Gasteiger partial charge in [-0.25, -0.2) is 8.42 Å². The van der Waals surface area contributed by atoms with Gasteiger partial charge in [-0.3, -0.25) is 19.5 Å². The second-order valence-electron chi connectivity index (χ2n) is 9.00. The highest BCUT2D eigenvalue weighted by atomic mass is 32.2. The SMILES string of the molecule is O=C(Nc1sc2c(c1C(=O)N1CCN(C3CCS(=O)(=O)C3)CC1)CCCC2)c1cccnc1. The number of fused-ring (bicyclic) bond motifs is 1. The molecule has 1 aliphatic carbocycles. The molecule has 8 nitrogen and oxygen atoms in total. The molecule has 176 valence electrons. The number of thiophene rings is 1. The van der Waals surface area contributed by atoms with Crippen LogP contribution in [0.15, 0.2) is 24.5 Å². The first kappa shape index (κ1) is 22.5. The first-order chi connectivity index (χ1) is 15.9. The maximum absolute atomic E-state index is 13.7. The summed E-state index contributed by atoms with van der Waals surface area (Å²) in [5.41, 5.74) is 2.19. The molecule has 2 saturated heterocycles. The van der Waals surface area contributed by atoms with Gasteiger partial charge in [0.1, 0.15) is 5.00 Å². The fourth-order valence-electron chi connectivity index (χ4n) is 5.06. The van der Waals surface area contributed by atoms with Crippen LogP contribution in [0.5, 0.6) is 0 Å². The molecule has 4 heterocycles. The molecule has 3 aliphatic rings. The highest BCUT2D eigenvalue weighted by molar-refractivity contribution is 7.91. The van der Waals surface area contributed by atoms with Crippen molar-refractivity contribution in [3.05, 3.63) is 46.1 Å². The Kier molecular flexibility index (Phi) is 6.24. The average molecular weight is 489 g/mol. The molecule has 0 aromatic carbocycles. The number of hydrogen-bond donors (Lipinski definition) is 1. The van der Waals surface area contributed by atoms with E-state index in [-0.39, 0.29) is 29.4 Å². The highest BCUT2D eigenvalue weighted by Crippen LogP contribution is 2.39. The Morgan fingerprint density at radius 3 is 2.61 bits per heavy atom. The Hall–Kier alpha value is -2.30. The molecule has 0 radical (unpaired) electrons. The Labute approximate surface area is 197 Å². The van der Waals surface area contributed by atoms with E-state index in [1.54, 1.807) is 18.3 Å². The first-order valence-corrected chi connectivity index (χ1v) is 14.1. The molecular formula is C23H28N4O4S2. The highest BCUT2D eigenvalue weighted by Gasteiger charge is 2.36. The average Bonchev–Trinajstić information content (AvgIpc) is 3.38. The van der Waals surface area contributed by atoms with Crippen LogP contribution < -0.4 is 5.32 Å². The summed E-state index contributed by atoms with van der Waals surface area (Å²) in [5.74, 6) is 0.194. The predicted molar refractivity (Wildman–Crippen MR) is 128 cm³/mol. The van der Waals surface area contributed by atoms with Gasteiger partial charge in [0, 0.05) is 49.5 Å². The monoisotopic (exact) mass is 488 g/mol. The lowest BCUT2D eigenvalue weighted by Crippen LogP contribution is -2.52. The van der Waals surface area contributed by atoms with Crippen molar-refractivity contribution in [1.29, 1.82) is 0 Å². The summed E-state index contributed by atoms with van der Waals surface area (Å²) in [4.78, 5) is 35.7. The summed E-state index contributed by atoms with van der Waals surface area (Å²) in [7, 11) is -2.93. The van der Waals surface area contributed by atoms with Crippen LogP contribution in [0.25, 0.3) is 0 Å². The molecular weight excluding hydrogens is 460 g/mol. The van der Waals surface area contributed by atoms with Crippen molar-refractivity contribution >= 4 is 38.0 Å². The third-order valence-corrected chi connectivity index (χ3v) is 9.82. The van der Waals surface area contributed by atoms with Gasteiger partial charge in [0.15, 0.2) is 9.84 Å². The van der Waals surface area contributed by atoms with E-state index in [4.69, 9.17) is 0 Å². The van der Waals surface area contributed by atoms with E-state index in [9.17, 15) is 18.0 Å². The van der Waals surface area contributed by atoms with Crippen molar-refractivity contribution in [1.82, 2.24) is 14.8 Å². The van der Waals surface area contributed by atoms with Gasteiger partial charge in [-0.2, -0.15) is 0 Å². The van der Waals surface area contributed by atoms with Gasteiger partial charge in [-0.1, -0.05) is 0 Å².